The minimum absolute atomic E-state index is 0.0425. The van der Waals surface area contributed by atoms with Crippen molar-refractivity contribution in [2.24, 2.45) is 0 Å². The molecule has 1 amide bonds. The summed E-state index contributed by atoms with van der Waals surface area (Å²) < 4.78 is 10.8. The summed E-state index contributed by atoms with van der Waals surface area (Å²) in [7, 11) is 1.63. The Hall–Kier alpha value is -3.31. The maximum Gasteiger partial charge on any atom is 0.234 e. The number of carbonyl (C=O) groups is 1. The van der Waals surface area contributed by atoms with Crippen LogP contribution in [0.15, 0.2) is 78.9 Å². The van der Waals surface area contributed by atoms with Crippen LogP contribution in [0, 0.1) is 0 Å². The van der Waals surface area contributed by atoms with E-state index in [0.717, 1.165) is 22.6 Å². The first-order chi connectivity index (χ1) is 14.7. The van der Waals surface area contributed by atoms with Crippen molar-refractivity contribution in [3.8, 4) is 22.6 Å². The highest BCUT2D eigenvalue weighted by Crippen LogP contribution is 2.21. The van der Waals surface area contributed by atoms with Gasteiger partial charge in [0.25, 0.3) is 0 Å². The molecule has 0 bridgehead atoms. The van der Waals surface area contributed by atoms with E-state index in [9.17, 15) is 4.79 Å². The predicted octanol–water partition coefficient (Wildman–Crippen LogP) is 4.21. The molecule has 0 aromatic heterocycles. The third kappa shape index (κ3) is 6.36. The fourth-order valence-electron chi connectivity index (χ4n) is 3.09. The second-order valence-corrected chi connectivity index (χ2v) is 6.98. The predicted molar refractivity (Wildman–Crippen MR) is 120 cm³/mol. The van der Waals surface area contributed by atoms with Gasteiger partial charge in [-0.2, -0.15) is 0 Å². The molecule has 2 N–H and O–H groups in total. The Balaban J connectivity index is 1.37. The fourth-order valence-corrected chi connectivity index (χ4v) is 3.09. The highest BCUT2D eigenvalue weighted by atomic mass is 16.5. The Morgan fingerprint density at radius 2 is 1.50 bits per heavy atom. The topological polar surface area (TPSA) is 59.6 Å². The number of hydrogen-bond donors (Lipinski definition) is 2. The quantitative estimate of drug-likeness (QED) is 0.497. The second-order valence-electron chi connectivity index (χ2n) is 6.98. The number of ether oxygens (including phenoxy) is 2. The summed E-state index contributed by atoms with van der Waals surface area (Å²) in [5.41, 5.74) is 3.42. The van der Waals surface area contributed by atoms with Crippen molar-refractivity contribution in [3.63, 3.8) is 0 Å². The molecule has 0 spiro atoms. The average molecular weight is 405 g/mol. The van der Waals surface area contributed by atoms with Gasteiger partial charge in [0.05, 0.1) is 19.7 Å². The maximum absolute atomic E-state index is 12.2. The van der Waals surface area contributed by atoms with Crippen LogP contribution in [0.2, 0.25) is 0 Å². The van der Waals surface area contributed by atoms with Crippen LogP contribution in [0.4, 0.5) is 0 Å². The van der Waals surface area contributed by atoms with Crippen LogP contribution in [0.1, 0.15) is 18.5 Å². The van der Waals surface area contributed by atoms with Crippen molar-refractivity contribution in [3.05, 3.63) is 84.4 Å². The van der Waals surface area contributed by atoms with E-state index in [0.29, 0.717) is 13.2 Å². The Bertz CT molecular complexity index is 909. The van der Waals surface area contributed by atoms with Gasteiger partial charge in [-0.15, -0.1) is 0 Å². The third-order valence-electron chi connectivity index (χ3n) is 4.79. The number of benzene rings is 3. The van der Waals surface area contributed by atoms with Gasteiger partial charge in [-0.25, -0.2) is 0 Å². The van der Waals surface area contributed by atoms with Gasteiger partial charge in [0.15, 0.2) is 0 Å². The first kappa shape index (κ1) is 21.4. The zero-order valence-corrected chi connectivity index (χ0v) is 17.4. The van der Waals surface area contributed by atoms with Gasteiger partial charge in [0, 0.05) is 6.54 Å². The average Bonchev–Trinajstić information content (AvgIpc) is 2.80. The summed E-state index contributed by atoms with van der Waals surface area (Å²) in [6.07, 6.45) is 0. The molecule has 156 valence electrons. The fraction of sp³-hybridized carbons (Fsp3) is 0.240. The van der Waals surface area contributed by atoms with E-state index in [2.05, 4.69) is 47.0 Å². The van der Waals surface area contributed by atoms with Crippen molar-refractivity contribution in [2.75, 3.05) is 26.8 Å². The van der Waals surface area contributed by atoms with Crippen LogP contribution in [-0.4, -0.2) is 32.7 Å². The highest BCUT2D eigenvalue weighted by molar-refractivity contribution is 5.78. The second kappa shape index (κ2) is 11.0. The Kier molecular flexibility index (Phi) is 7.86. The summed E-state index contributed by atoms with van der Waals surface area (Å²) in [6.45, 7) is 3.30. The number of nitrogens with one attached hydrogen (secondary N) is 2. The molecule has 3 rings (SSSR count). The summed E-state index contributed by atoms with van der Waals surface area (Å²) >= 11 is 0. The van der Waals surface area contributed by atoms with Crippen molar-refractivity contribution in [1.82, 2.24) is 10.6 Å². The lowest BCUT2D eigenvalue weighted by Gasteiger charge is -2.15. The minimum Gasteiger partial charge on any atom is -0.497 e. The lowest BCUT2D eigenvalue weighted by molar-refractivity contribution is -0.120. The van der Waals surface area contributed by atoms with Crippen LogP contribution < -0.4 is 20.1 Å². The summed E-state index contributed by atoms with van der Waals surface area (Å²) in [4.78, 5) is 12.2. The molecule has 0 fully saturated rings. The van der Waals surface area contributed by atoms with Gasteiger partial charge in [0.2, 0.25) is 5.91 Å². The van der Waals surface area contributed by atoms with Crippen LogP contribution in [0.3, 0.4) is 0 Å². The molecule has 0 aliphatic heterocycles. The lowest BCUT2D eigenvalue weighted by atomic mass is 10.0. The SMILES string of the molecule is COc1ccc(OCCNCC(=O)N[C@H](C)c2ccc(-c3ccccc3)cc2)cc1. The number of methoxy groups -OCH3 is 1. The Morgan fingerprint density at radius 3 is 2.17 bits per heavy atom. The Morgan fingerprint density at radius 1 is 0.867 bits per heavy atom. The van der Waals surface area contributed by atoms with E-state index in [1.807, 2.05) is 49.4 Å². The first-order valence-electron chi connectivity index (χ1n) is 10.1. The van der Waals surface area contributed by atoms with Crippen molar-refractivity contribution in [2.45, 2.75) is 13.0 Å². The summed E-state index contributed by atoms with van der Waals surface area (Å²) in [6, 6.07) is 25.9. The zero-order chi connectivity index (χ0) is 21.2. The highest BCUT2D eigenvalue weighted by Gasteiger charge is 2.09. The van der Waals surface area contributed by atoms with E-state index in [1.54, 1.807) is 7.11 Å². The minimum atomic E-state index is -0.0559. The normalized spacial score (nSPS) is 11.5. The molecule has 0 aliphatic rings. The van der Waals surface area contributed by atoms with Crippen molar-refractivity contribution < 1.29 is 14.3 Å². The van der Waals surface area contributed by atoms with Gasteiger partial charge < -0.3 is 20.1 Å². The summed E-state index contributed by atoms with van der Waals surface area (Å²) in [5.74, 6) is 1.52. The smallest absolute Gasteiger partial charge is 0.234 e. The molecule has 0 heterocycles. The molecule has 5 nitrogen and oxygen atoms in total. The summed E-state index contributed by atoms with van der Waals surface area (Å²) in [5, 5.41) is 6.12. The molecule has 0 saturated heterocycles. The Labute approximate surface area is 178 Å². The molecule has 30 heavy (non-hydrogen) atoms. The molecule has 0 radical (unpaired) electrons. The van der Waals surface area contributed by atoms with Gasteiger partial charge >= 0.3 is 0 Å². The monoisotopic (exact) mass is 404 g/mol. The van der Waals surface area contributed by atoms with E-state index >= 15 is 0 Å². The van der Waals surface area contributed by atoms with Crippen molar-refractivity contribution in [1.29, 1.82) is 0 Å². The molecule has 5 heteroatoms. The molecule has 0 saturated carbocycles. The van der Waals surface area contributed by atoms with E-state index < -0.39 is 0 Å². The maximum atomic E-state index is 12.2. The molecular formula is C25H28N2O3. The van der Waals surface area contributed by atoms with Gasteiger partial charge in [-0.3, -0.25) is 4.79 Å². The molecule has 3 aromatic rings. The number of rotatable bonds is 10. The van der Waals surface area contributed by atoms with Gasteiger partial charge in [-0.05, 0) is 47.9 Å². The van der Waals surface area contributed by atoms with Crippen LogP contribution >= 0.6 is 0 Å². The van der Waals surface area contributed by atoms with E-state index in [-0.39, 0.29) is 18.5 Å². The number of hydrogen-bond acceptors (Lipinski definition) is 4. The molecule has 0 aliphatic carbocycles. The molecular weight excluding hydrogens is 376 g/mol. The van der Waals surface area contributed by atoms with Gasteiger partial charge in [0.1, 0.15) is 18.1 Å². The van der Waals surface area contributed by atoms with Crippen molar-refractivity contribution >= 4 is 5.91 Å². The molecule has 0 unspecified atom stereocenters. The van der Waals surface area contributed by atoms with Crippen LogP contribution in [0.25, 0.3) is 11.1 Å². The standard InChI is InChI=1S/C25H28N2O3/c1-19(20-8-10-22(11-9-20)21-6-4-3-5-7-21)27-25(28)18-26-16-17-30-24-14-12-23(29-2)13-15-24/h3-15,19,26H,16-18H2,1-2H3,(H,27,28)/t19-/m1/s1. The largest absolute Gasteiger partial charge is 0.497 e. The molecule has 1 atom stereocenters. The number of carbonyl (C=O) groups excluding carboxylic acids is 1. The lowest BCUT2D eigenvalue weighted by Crippen LogP contribution is -2.36. The molecule has 3 aromatic carbocycles. The van der Waals surface area contributed by atoms with E-state index in [1.165, 1.54) is 5.56 Å². The van der Waals surface area contributed by atoms with Crippen LogP contribution in [-0.2, 0) is 4.79 Å². The van der Waals surface area contributed by atoms with Crippen LogP contribution in [0.5, 0.6) is 11.5 Å². The zero-order valence-electron chi connectivity index (χ0n) is 17.4. The first-order valence-corrected chi connectivity index (χ1v) is 10.1. The third-order valence-corrected chi connectivity index (χ3v) is 4.79. The number of amides is 1. The van der Waals surface area contributed by atoms with Gasteiger partial charge in [-0.1, -0.05) is 54.6 Å². The van der Waals surface area contributed by atoms with E-state index in [4.69, 9.17) is 9.47 Å².